The average Bonchev–Trinajstić information content (AvgIpc) is 3.69. The third kappa shape index (κ3) is 5.53. The fourth-order valence-corrected chi connectivity index (χ4v) is 4.28. The van der Waals surface area contributed by atoms with Gasteiger partial charge in [0.05, 0.1) is 12.7 Å². The van der Waals surface area contributed by atoms with E-state index in [4.69, 9.17) is 15.2 Å². The molecule has 34 heavy (non-hydrogen) atoms. The maximum Gasteiger partial charge on any atom is 0.230 e. The lowest BCUT2D eigenvalue weighted by Gasteiger charge is -2.29. The predicted molar refractivity (Wildman–Crippen MR) is 134 cm³/mol. The van der Waals surface area contributed by atoms with E-state index in [1.807, 2.05) is 42.3 Å². The van der Waals surface area contributed by atoms with Gasteiger partial charge in [-0.15, -0.1) is 0 Å². The molecule has 0 unspecified atom stereocenters. The molecule has 4 atom stereocenters. The number of amides is 1. The van der Waals surface area contributed by atoms with E-state index in [1.165, 1.54) is 0 Å². The maximum absolute atomic E-state index is 13.6. The van der Waals surface area contributed by atoms with Crippen molar-refractivity contribution in [2.24, 2.45) is 11.7 Å². The minimum absolute atomic E-state index is 0.0535. The highest BCUT2D eigenvalue weighted by Crippen LogP contribution is 2.48. The van der Waals surface area contributed by atoms with E-state index < -0.39 is 0 Å². The highest BCUT2D eigenvalue weighted by molar-refractivity contribution is 5.97. The monoisotopic (exact) mass is 459 g/mol. The second-order valence-electron chi connectivity index (χ2n) is 8.97. The van der Waals surface area contributed by atoms with Crippen LogP contribution in [-0.4, -0.2) is 43.8 Å². The fourth-order valence-electron chi connectivity index (χ4n) is 4.28. The average molecular weight is 460 g/mol. The zero-order chi connectivity index (χ0) is 24.1. The van der Waals surface area contributed by atoms with Gasteiger partial charge in [-0.1, -0.05) is 42.5 Å². The summed E-state index contributed by atoms with van der Waals surface area (Å²) in [6.07, 6.45) is 4.29. The summed E-state index contributed by atoms with van der Waals surface area (Å²) in [6.45, 7) is 2.92. The lowest BCUT2D eigenvalue weighted by atomic mass is 10.0. The third-order valence-corrected chi connectivity index (χ3v) is 6.63. The summed E-state index contributed by atoms with van der Waals surface area (Å²) in [6, 6.07) is 20.1. The van der Waals surface area contributed by atoms with Crippen molar-refractivity contribution in [3.05, 3.63) is 84.2 Å². The van der Waals surface area contributed by atoms with Crippen LogP contribution in [0.2, 0.25) is 0 Å². The Morgan fingerprint density at radius 1 is 1.09 bits per heavy atom. The van der Waals surface area contributed by atoms with Crippen molar-refractivity contribution in [3.63, 3.8) is 0 Å². The van der Waals surface area contributed by atoms with Gasteiger partial charge in [0.25, 0.3) is 0 Å². The number of hydrogen-bond acceptors (Lipinski definition) is 5. The van der Waals surface area contributed by atoms with Gasteiger partial charge in [0, 0.05) is 50.8 Å². The summed E-state index contributed by atoms with van der Waals surface area (Å²) in [5.41, 5.74) is 11.7. The first-order valence-corrected chi connectivity index (χ1v) is 11.7. The first-order chi connectivity index (χ1) is 16.5. The molecule has 4 rings (SSSR count). The van der Waals surface area contributed by atoms with Crippen molar-refractivity contribution < 1.29 is 14.3 Å². The highest BCUT2D eigenvalue weighted by atomic mass is 16.5. The van der Waals surface area contributed by atoms with E-state index in [2.05, 4.69) is 41.4 Å². The van der Waals surface area contributed by atoms with Crippen LogP contribution in [0.3, 0.4) is 0 Å². The van der Waals surface area contributed by atoms with E-state index in [-0.39, 0.29) is 29.9 Å². The molecule has 178 valence electrons. The van der Waals surface area contributed by atoms with Gasteiger partial charge >= 0.3 is 0 Å². The Balaban J connectivity index is 1.54. The van der Waals surface area contributed by atoms with Crippen LogP contribution >= 0.6 is 0 Å². The largest absolute Gasteiger partial charge is 0.380 e. The van der Waals surface area contributed by atoms with E-state index in [9.17, 15) is 4.79 Å². The number of hydrogen-bond donors (Lipinski definition) is 1. The molecular formula is C28H33N3O3. The maximum atomic E-state index is 13.6. The molecule has 1 aliphatic rings. The molecule has 3 aromatic rings. The summed E-state index contributed by atoms with van der Waals surface area (Å²) >= 11 is 0. The molecule has 1 amide bonds. The van der Waals surface area contributed by atoms with E-state index >= 15 is 0 Å². The zero-order valence-corrected chi connectivity index (χ0v) is 20.1. The topological polar surface area (TPSA) is 77.7 Å². The molecule has 1 fully saturated rings. The number of nitrogens with zero attached hydrogens (tertiary/aromatic N) is 2. The van der Waals surface area contributed by atoms with Crippen molar-refractivity contribution in [2.45, 2.75) is 38.0 Å². The van der Waals surface area contributed by atoms with Gasteiger partial charge in [-0.2, -0.15) is 0 Å². The summed E-state index contributed by atoms with van der Waals surface area (Å²) in [5.74, 6) is 0.260. The van der Waals surface area contributed by atoms with Crippen LogP contribution in [0, 0.1) is 5.92 Å². The molecule has 1 aliphatic carbocycles. The van der Waals surface area contributed by atoms with Crippen molar-refractivity contribution in [2.75, 3.05) is 25.7 Å². The molecule has 6 heteroatoms. The second kappa shape index (κ2) is 10.9. The number of ether oxygens (including phenoxy) is 2. The lowest BCUT2D eigenvalue weighted by Crippen LogP contribution is -2.47. The first kappa shape index (κ1) is 24.1. The molecule has 2 N–H and O–H groups in total. The van der Waals surface area contributed by atoms with Gasteiger partial charge in [0.15, 0.2) is 0 Å². The van der Waals surface area contributed by atoms with E-state index in [1.54, 1.807) is 20.4 Å². The number of methoxy groups -OCH3 is 2. The van der Waals surface area contributed by atoms with E-state index in [0.29, 0.717) is 13.2 Å². The summed E-state index contributed by atoms with van der Waals surface area (Å²) in [5, 5.41) is 0. The van der Waals surface area contributed by atoms with Crippen LogP contribution in [0.5, 0.6) is 0 Å². The normalized spacial score (nSPS) is 18.8. The molecule has 6 nitrogen and oxygen atoms in total. The SMILES string of the molecule is COCc1ccc(-c2ccc(N(C[C@@H](N)[C@@H](C)OC)C(=O)[C@@H]3C[C@H]3c3cccnc3)cc2)cc1. The number of benzene rings is 2. The Hall–Kier alpha value is -3.06. The minimum atomic E-state index is -0.294. The fraction of sp³-hybridized carbons (Fsp3) is 0.357. The van der Waals surface area contributed by atoms with Crippen LogP contribution in [0.15, 0.2) is 73.1 Å². The summed E-state index contributed by atoms with van der Waals surface area (Å²) < 4.78 is 10.6. The smallest absolute Gasteiger partial charge is 0.230 e. The molecule has 0 aliphatic heterocycles. The van der Waals surface area contributed by atoms with Crippen molar-refractivity contribution in [1.82, 2.24) is 4.98 Å². The van der Waals surface area contributed by atoms with Gasteiger partial charge in [-0.05, 0) is 59.7 Å². The molecule has 0 spiro atoms. The Morgan fingerprint density at radius 2 is 1.76 bits per heavy atom. The van der Waals surface area contributed by atoms with Gasteiger partial charge in [0.1, 0.15) is 0 Å². The van der Waals surface area contributed by atoms with Gasteiger partial charge in [-0.25, -0.2) is 0 Å². The number of nitrogens with two attached hydrogens (primary N) is 1. The van der Waals surface area contributed by atoms with Crippen LogP contribution in [0.1, 0.15) is 30.4 Å². The number of rotatable bonds is 10. The Labute approximate surface area is 201 Å². The van der Waals surface area contributed by atoms with E-state index in [0.717, 1.165) is 34.4 Å². The molecule has 0 radical (unpaired) electrons. The lowest BCUT2D eigenvalue weighted by molar-refractivity contribution is -0.120. The predicted octanol–water partition coefficient (Wildman–Crippen LogP) is 4.39. The van der Waals surface area contributed by atoms with Crippen molar-refractivity contribution in [1.29, 1.82) is 0 Å². The molecule has 1 aromatic heterocycles. The Bertz CT molecular complexity index is 1070. The van der Waals surface area contributed by atoms with Gasteiger partial charge in [-0.3, -0.25) is 9.78 Å². The van der Waals surface area contributed by atoms with Crippen LogP contribution < -0.4 is 10.6 Å². The number of aromatic nitrogens is 1. The number of pyridine rings is 1. The molecule has 0 saturated heterocycles. The van der Waals surface area contributed by atoms with Crippen LogP contribution in [0.4, 0.5) is 5.69 Å². The van der Waals surface area contributed by atoms with Crippen molar-refractivity contribution in [3.8, 4) is 11.1 Å². The number of carbonyl (C=O) groups is 1. The molecular weight excluding hydrogens is 426 g/mol. The van der Waals surface area contributed by atoms with Crippen LogP contribution in [-0.2, 0) is 20.9 Å². The number of anilines is 1. The second-order valence-corrected chi connectivity index (χ2v) is 8.97. The molecule has 2 aromatic carbocycles. The van der Waals surface area contributed by atoms with Gasteiger partial charge < -0.3 is 20.1 Å². The first-order valence-electron chi connectivity index (χ1n) is 11.7. The Morgan fingerprint density at radius 3 is 2.35 bits per heavy atom. The third-order valence-electron chi connectivity index (χ3n) is 6.63. The molecule has 0 bridgehead atoms. The van der Waals surface area contributed by atoms with Gasteiger partial charge in [0.2, 0.25) is 5.91 Å². The van der Waals surface area contributed by atoms with Crippen molar-refractivity contribution >= 4 is 11.6 Å². The minimum Gasteiger partial charge on any atom is -0.380 e. The summed E-state index contributed by atoms with van der Waals surface area (Å²) in [4.78, 5) is 19.6. The summed E-state index contributed by atoms with van der Waals surface area (Å²) in [7, 11) is 3.34. The highest BCUT2D eigenvalue weighted by Gasteiger charge is 2.46. The Kier molecular flexibility index (Phi) is 7.73. The van der Waals surface area contributed by atoms with Crippen LogP contribution in [0.25, 0.3) is 11.1 Å². The molecule has 1 heterocycles. The molecule has 1 saturated carbocycles. The quantitative estimate of drug-likeness (QED) is 0.486. The number of carbonyl (C=O) groups excluding carboxylic acids is 1. The zero-order valence-electron chi connectivity index (χ0n) is 20.1. The standard InChI is InChI=1S/C28H33N3O3/c1-19(34-3)27(29)17-31(28(32)26-15-25(26)23-5-4-14-30-16-23)24-12-10-22(11-13-24)21-8-6-20(7-9-21)18-33-2/h4-14,16,19,25-27H,15,17-18,29H2,1-3H3/t19-,25+,26-,27-/m1/s1.